The van der Waals surface area contributed by atoms with E-state index in [9.17, 15) is 4.79 Å². The predicted octanol–water partition coefficient (Wildman–Crippen LogP) is 5.17. The van der Waals surface area contributed by atoms with Crippen LogP contribution in [0, 0.1) is 0 Å². The highest BCUT2D eigenvalue weighted by Gasteiger charge is 2.44. The van der Waals surface area contributed by atoms with E-state index in [1.54, 1.807) is 6.07 Å². The van der Waals surface area contributed by atoms with Gasteiger partial charge in [0.15, 0.2) is 0 Å². The fourth-order valence-corrected chi connectivity index (χ4v) is 9.03. The van der Waals surface area contributed by atoms with Crippen LogP contribution in [0.2, 0.25) is 16.6 Å². The minimum absolute atomic E-state index is 0.304. The van der Waals surface area contributed by atoms with Crippen LogP contribution in [0.3, 0.4) is 0 Å². The predicted molar refractivity (Wildman–Crippen MR) is 93.6 cm³/mol. The topological polar surface area (TPSA) is 35.5 Å². The number of methoxy groups -OCH3 is 1. The van der Waals surface area contributed by atoms with E-state index in [2.05, 4.69) is 41.5 Å². The molecule has 4 heteroatoms. The Kier molecular flexibility index (Phi) is 6.82. The molecule has 1 aromatic rings. The zero-order valence-electron chi connectivity index (χ0n) is 15.0. The minimum atomic E-state index is -1.88. The van der Waals surface area contributed by atoms with Crippen LogP contribution >= 0.6 is 0 Å². The normalized spacial score (nSPS) is 12.3. The Balaban J connectivity index is 2.97. The molecule has 0 spiro atoms. The van der Waals surface area contributed by atoms with Crippen LogP contribution in [-0.4, -0.2) is 21.4 Å². The third-order valence-electron chi connectivity index (χ3n) is 4.54. The Morgan fingerprint density at radius 1 is 1.05 bits per heavy atom. The second-order valence-electron chi connectivity index (χ2n) is 6.80. The molecule has 0 aromatic heterocycles. The molecule has 0 aliphatic rings. The molecule has 124 valence electrons. The summed E-state index contributed by atoms with van der Waals surface area (Å²) in [5.74, 6) is -0.304. The van der Waals surface area contributed by atoms with Crippen molar-refractivity contribution in [1.29, 1.82) is 0 Å². The first-order chi connectivity index (χ1) is 10.3. The van der Waals surface area contributed by atoms with E-state index < -0.39 is 8.32 Å². The van der Waals surface area contributed by atoms with Crippen molar-refractivity contribution in [3.8, 4) is 0 Å². The molecule has 0 N–H and O–H groups in total. The van der Waals surface area contributed by atoms with Gasteiger partial charge in [0.2, 0.25) is 8.32 Å². The lowest BCUT2D eigenvalue weighted by Gasteiger charge is -2.42. The van der Waals surface area contributed by atoms with E-state index in [1.807, 2.05) is 18.2 Å². The van der Waals surface area contributed by atoms with E-state index in [1.165, 1.54) is 7.11 Å². The quantitative estimate of drug-likeness (QED) is 0.513. The van der Waals surface area contributed by atoms with E-state index >= 15 is 0 Å². The summed E-state index contributed by atoms with van der Waals surface area (Å²) in [7, 11) is -0.477. The van der Waals surface area contributed by atoms with Crippen molar-refractivity contribution in [2.24, 2.45) is 0 Å². The van der Waals surface area contributed by atoms with Crippen LogP contribution in [0.15, 0.2) is 24.3 Å². The van der Waals surface area contributed by atoms with Crippen LogP contribution in [0.25, 0.3) is 0 Å². The first-order valence-electron chi connectivity index (χ1n) is 8.06. The third kappa shape index (κ3) is 3.99. The van der Waals surface area contributed by atoms with Crippen LogP contribution < -0.4 is 0 Å². The van der Waals surface area contributed by atoms with Crippen molar-refractivity contribution in [3.63, 3.8) is 0 Å². The average molecular weight is 323 g/mol. The fraction of sp³-hybridized carbons (Fsp3) is 0.611. The highest BCUT2D eigenvalue weighted by atomic mass is 28.4. The summed E-state index contributed by atoms with van der Waals surface area (Å²) in [5.41, 5.74) is 3.26. The summed E-state index contributed by atoms with van der Waals surface area (Å²) in [4.78, 5) is 11.6. The smallest absolute Gasteiger partial charge is 0.337 e. The maximum Gasteiger partial charge on any atom is 0.337 e. The number of hydrogen-bond donors (Lipinski definition) is 0. The summed E-state index contributed by atoms with van der Waals surface area (Å²) in [6, 6.07) is 7.53. The van der Waals surface area contributed by atoms with Crippen molar-refractivity contribution in [3.05, 3.63) is 35.4 Å². The van der Waals surface area contributed by atoms with Gasteiger partial charge in [-0.15, -0.1) is 0 Å². The maximum atomic E-state index is 11.6. The fourth-order valence-electron chi connectivity index (χ4n) is 3.61. The Bertz CT molecular complexity index is 473. The second kappa shape index (κ2) is 7.93. The SMILES string of the molecule is COC(=O)c1cccc(CO[Si](C(C)C)(C(C)C)C(C)C)c1. The molecule has 0 aliphatic carbocycles. The molecule has 0 radical (unpaired) electrons. The molecule has 0 unspecified atom stereocenters. The Hall–Kier alpha value is -1.13. The highest BCUT2D eigenvalue weighted by Crippen LogP contribution is 2.42. The van der Waals surface area contributed by atoms with E-state index in [0.29, 0.717) is 28.8 Å². The van der Waals surface area contributed by atoms with Gasteiger partial charge < -0.3 is 9.16 Å². The lowest BCUT2D eigenvalue weighted by Crippen LogP contribution is -2.47. The van der Waals surface area contributed by atoms with Crippen molar-refractivity contribution in [1.82, 2.24) is 0 Å². The van der Waals surface area contributed by atoms with Gasteiger partial charge in [-0.3, -0.25) is 0 Å². The molecular weight excluding hydrogens is 292 g/mol. The summed E-state index contributed by atoms with van der Waals surface area (Å²) >= 11 is 0. The largest absolute Gasteiger partial charge is 0.465 e. The Morgan fingerprint density at radius 3 is 2.05 bits per heavy atom. The summed E-state index contributed by atoms with van der Waals surface area (Å²) in [6.07, 6.45) is 0. The molecule has 0 atom stereocenters. The summed E-state index contributed by atoms with van der Waals surface area (Å²) in [6.45, 7) is 14.2. The molecule has 0 bridgehead atoms. The molecule has 0 saturated carbocycles. The maximum absolute atomic E-state index is 11.6. The van der Waals surface area contributed by atoms with Gasteiger partial charge >= 0.3 is 5.97 Å². The molecule has 1 rings (SSSR count). The number of rotatable bonds is 7. The van der Waals surface area contributed by atoms with Crippen LogP contribution in [0.4, 0.5) is 0 Å². The molecular formula is C18H30O3Si. The number of carbonyl (C=O) groups is 1. The number of esters is 1. The van der Waals surface area contributed by atoms with Gasteiger partial charge in [0.05, 0.1) is 19.3 Å². The van der Waals surface area contributed by atoms with Crippen LogP contribution in [-0.2, 0) is 15.8 Å². The van der Waals surface area contributed by atoms with Crippen molar-refractivity contribution >= 4 is 14.3 Å². The number of hydrogen-bond acceptors (Lipinski definition) is 3. The average Bonchev–Trinajstić information content (AvgIpc) is 2.46. The first-order valence-corrected chi connectivity index (χ1v) is 10.2. The zero-order valence-corrected chi connectivity index (χ0v) is 16.0. The van der Waals surface area contributed by atoms with E-state index in [-0.39, 0.29) is 5.97 Å². The van der Waals surface area contributed by atoms with Gasteiger partial charge in [-0.25, -0.2) is 4.79 Å². The molecule has 0 fully saturated rings. The number of carbonyl (C=O) groups excluding carboxylic acids is 1. The zero-order chi connectivity index (χ0) is 16.9. The van der Waals surface area contributed by atoms with Crippen molar-refractivity contribution < 1.29 is 14.0 Å². The number of benzene rings is 1. The van der Waals surface area contributed by atoms with Crippen molar-refractivity contribution in [2.75, 3.05) is 7.11 Å². The minimum Gasteiger partial charge on any atom is -0.465 e. The molecule has 1 aromatic carbocycles. The Labute approximate surface area is 136 Å². The molecule has 22 heavy (non-hydrogen) atoms. The third-order valence-corrected chi connectivity index (χ3v) is 10.6. The van der Waals surface area contributed by atoms with Gasteiger partial charge in [0.25, 0.3) is 0 Å². The molecule has 3 nitrogen and oxygen atoms in total. The lowest BCUT2D eigenvalue weighted by molar-refractivity contribution is 0.0600. The monoisotopic (exact) mass is 322 g/mol. The van der Waals surface area contributed by atoms with Gasteiger partial charge in [-0.2, -0.15) is 0 Å². The summed E-state index contributed by atoms with van der Waals surface area (Å²) in [5, 5.41) is 0. The van der Waals surface area contributed by atoms with Crippen LogP contribution in [0.5, 0.6) is 0 Å². The first kappa shape index (κ1) is 18.9. The van der Waals surface area contributed by atoms with E-state index in [4.69, 9.17) is 9.16 Å². The van der Waals surface area contributed by atoms with Gasteiger partial charge in [0, 0.05) is 0 Å². The molecule has 0 heterocycles. The van der Waals surface area contributed by atoms with Crippen LogP contribution in [0.1, 0.15) is 57.5 Å². The van der Waals surface area contributed by atoms with Gasteiger partial charge in [-0.1, -0.05) is 53.7 Å². The summed E-state index contributed by atoms with van der Waals surface area (Å²) < 4.78 is 11.3. The van der Waals surface area contributed by atoms with Crippen molar-refractivity contribution in [2.45, 2.75) is 64.8 Å². The van der Waals surface area contributed by atoms with Gasteiger partial charge in [-0.05, 0) is 34.3 Å². The molecule has 0 aliphatic heterocycles. The van der Waals surface area contributed by atoms with E-state index in [0.717, 1.165) is 5.56 Å². The molecule has 0 amide bonds. The second-order valence-corrected chi connectivity index (χ2v) is 12.3. The lowest BCUT2D eigenvalue weighted by atomic mass is 10.1. The Morgan fingerprint density at radius 2 is 1.59 bits per heavy atom. The van der Waals surface area contributed by atoms with Gasteiger partial charge in [0.1, 0.15) is 0 Å². The highest BCUT2D eigenvalue weighted by molar-refractivity contribution is 6.77. The molecule has 0 saturated heterocycles. The standard InChI is InChI=1S/C18H30O3Si/c1-13(2)22(14(3)4,15(5)6)21-12-16-9-8-10-17(11-16)18(19)20-7/h8-11,13-15H,12H2,1-7H3. The number of ether oxygens (including phenoxy) is 1.